The number of amides is 6. The number of hydrogen-bond acceptors (Lipinski definition) is 8. The molecule has 14 heteroatoms. The van der Waals surface area contributed by atoms with Crippen LogP contribution in [0.5, 0.6) is 0 Å². The number of ketones is 1. The van der Waals surface area contributed by atoms with Crippen LogP contribution in [0, 0.1) is 34.5 Å². The molecule has 0 bridgehead atoms. The zero-order valence-electron chi connectivity index (χ0n) is 34.0. The van der Waals surface area contributed by atoms with Crippen LogP contribution < -0.4 is 21.3 Å². The van der Waals surface area contributed by atoms with Crippen molar-refractivity contribution in [3.05, 3.63) is 35.9 Å². The van der Waals surface area contributed by atoms with Gasteiger partial charge in [-0.1, -0.05) is 98.1 Å². The molecule has 1 saturated heterocycles. The second-order valence-corrected chi connectivity index (χ2v) is 17.6. The van der Waals surface area contributed by atoms with Gasteiger partial charge in [-0.15, -0.1) is 0 Å². The minimum Gasteiger partial charge on any atom is -0.449 e. The molecule has 2 unspecified atom stereocenters. The minimum absolute atomic E-state index is 0.0417. The van der Waals surface area contributed by atoms with E-state index in [1.54, 1.807) is 49.3 Å². The second kappa shape index (κ2) is 18.0. The third kappa shape index (κ3) is 10.4. The Morgan fingerprint density at radius 1 is 0.873 bits per heavy atom. The summed E-state index contributed by atoms with van der Waals surface area (Å²) in [5, 5.41) is 10.7. The minimum atomic E-state index is -1.23. The molecule has 1 aliphatic heterocycles. The maximum absolute atomic E-state index is 14.6. The van der Waals surface area contributed by atoms with Gasteiger partial charge in [0.25, 0.3) is 5.91 Å². The average molecular weight is 767 g/mol. The van der Waals surface area contributed by atoms with Gasteiger partial charge in [0.2, 0.25) is 29.4 Å². The smallest absolute Gasteiger partial charge is 0.407 e. The lowest BCUT2D eigenvalue weighted by molar-refractivity contribution is -0.146. The first-order valence-electron chi connectivity index (χ1n) is 19.7. The highest BCUT2D eigenvalue weighted by Gasteiger charge is 2.70. The van der Waals surface area contributed by atoms with E-state index < -0.39 is 65.7 Å². The first-order chi connectivity index (χ1) is 25.8. The Kier molecular flexibility index (Phi) is 14.1. The third-order valence-corrected chi connectivity index (χ3v) is 11.6. The van der Waals surface area contributed by atoms with Crippen molar-refractivity contribution in [3.63, 3.8) is 0 Å². The number of Topliss-reactive ketones (excluding diaryl/α,β-unsaturated/α-hetero) is 1. The van der Waals surface area contributed by atoms with Gasteiger partial charge >= 0.3 is 6.09 Å². The Morgan fingerprint density at radius 3 is 2.09 bits per heavy atom. The Bertz CT molecular complexity index is 1590. The van der Waals surface area contributed by atoms with E-state index in [2.05, 4.69) is 35.1 Å². The van der Waals surface area contributed by atoms with Gasteiger partial charge in [0.15, 0.2) is 0 Å². The predicted octanol–water partition coefficient (Wildman–Crippen LogP) is 3.35. The number of hydrogen-bond donors (Lipinski definition) is 4. The summed E-state index contributed by atoms with van der Waals surface area (Å²) in [5.74, 6) is -4.07. The van der Waals surface area contributed by atoms with Crippen LogP contribution in [0.1, 0.15) is 98.6 Å². The molecule has 1 aromatic rings. The van der Waals surface area contributed by atoms with Crippen molar-refractivity contribution in [2.75, 3.05) is 33.8 Å². The monoisotopic (exact) mass is 766 g/mol. The molecular formula is C41H62N6O8. The summed E-state index contributed by atoms with van der Waals surface area (Å²) in [6.45, 7) is 13.6. The summed E-state index contributed by atoms with van der Waals surface area (Å²) in [4.78, 5) is 97.5. The van der Waals surface area contributed by atoms with E-state index in [0.29, 0.717) is 12.1 Å². The maximum atomic E-state index is 14.6. The van der Waals surface area contributed by atoms with Crippen molar-refractivity contribution < 1.29 is 38.3 Å². The third-order valence-electron chi connectivity index (χ3n) is 11.6. The summed E-state index contributed by atoms with van der Waals surface area (Å²) in [7, 11) is 3.13. The molecule has 0 radical (unpaired) electrons. The molecule has 4 rings (SSSR count). The van der Waals surface area contributed by atoms with Crippen LogP contribution in [0.15, 0.2) is 30.3 Å². The first kappa shape index (κ1) is 43.2. The molecule has 0 spiro atoms. The van der Waals surface area contributed by atoms with Gasteiger partial charge < -0.3 is 35.8 Å². The zero-order chi connectivity index (χ0) is 40.8. The number of nitrogens with one attached hydrogen (secondary N) is 4. The SMILES string of the molecule is CC(C)COC(=O)N[C@H](C(=O)N1CC2C([C@H]1C(=O)N[C@@H](CC(C)C)C(=O)C(=O)NCC(=O)N[C@H](C(=O)N(C)C)c1ccccc1)C2(C)C)C1(C)CCCCC1. The summed E-state index contributed by atoms with van der Waals surface area (Å²) >= 11 is 0. The molecule has 4 N–H and O–H groups in total. The number of benzene rings is 1. The fourth-order valence-corrected chi connectivity index (χ4v) is 8.33. The van der Waals surface area contributed by atoms with Crippen molar-refractivity contribution in [2.24, 2.45) is 34.5 Å². The molecule has 6 amide bonds. The lowest BCUT2D eigenvalue weighted by atomic mass is 9.70. The van der Waals surface area contributed by atoms with Crippen LogP contribution in [-0.2, 0) is 33.5 Å². The molecule has 3 aliphatic rings. The van der Waals surface area contributed by atoms with E-state index in [4.69, 9.17) is 4.74 Å². The van der Waals surface area contributed by atoms with Crippen molar-refractivity contribution in [2.45, 2.75) is 111 Å². The molecule has 14 nitrogen and oxygen atoms in total. The van der Waals surface area contributed by atoms with Crippen molar-refractivity contribution in [1.29, 1.82) is 0 Å². The molecule has 3 fully saturated rings. The van der Waals surface area contributed by atoms with E-state index in [1.807, 2.05) is 34.6 Å². The zero-order valence-corrected chi connectivity index (χ0v) is 34.0. The molecule has 2 saturated carbocycles. The summed E-state index contributed by atoms with van der Waals surface area (Å²) in [6.07, 6.45) is 3.79. The van der Waals surface area contributed by atoms with Crippen LogP contribution >= 0.6 is 0 Å². The van der Waals surface area contributed by atoms with Crippen LogP contribution in [0.25, 0.3) is 0 Å². The van der Waals surface area contributed by atoms with Gasteiger partial charge in [-0.05, 0) is 59.3 Å². The van der Waals surface area contributed by atoms with Crippen LogP contribution in [0.2, 0.25) is 0 Å². The maximum Gasteiger partial charge on any atom is 0.407 e. The highest BCUT2D eigenvalue weighted by Crippen LogP contribution is 2.65. The van der Waals surface area contributed by atoms with Crippen LogP contribution in [0.4, 0.5) is 4.79 Å². The lowest BCUT2D eigenvalue weighted by Crippen LogP contribution is -2.61. The van der Waals surface area contributed by atoms with Crippen molar-refractivity contribution in [3.8, 4) is 0 Å². The second-order valence-electron chi connectivity index (χ2n) is 17.6. The fourth-order valence-electron chi connectivity index (χ4n) is 8.33. The quantitative estimate of drug-likeness (QED) is 0.185. The molecule has 304 valence electrons. The number of likely N-dealkylation sites (tertiary alicyclic amines) is 1. The van der Waals surface area contributed by atoms with Gasteiger partial charge in [-0.25, -0.2) is 4.79 Å². The topological polar surface area (TPSA) is 183 Å². The van der Waals surface area contributed by atoms with Crippen molar-refractivity contribution in [1.82, 2.24) is 31.1 Å². The Morgan fingerprint density at radius 2 is 1.51 bits per heavy atom. The van der Waals surface area contributed by atoms with Gasteiger partial charge in [-0.2, -0.15) is 0 Å². The number of carbonyl (C=O) groups excluding carboxylic acids is 7. The number of alkyl carbamates (subject to hydrolysis) is 1. The van der Waals surface area contributed by atoms with Gasteiger partial charge in [0, 0.05) is 20.6 Å². The van der Waals surface area contributed by atoms with E-state index in [1.165, 1.54) is 4.90 Å². The largest absolute Gasteiger partial charge is 0.449 e. The normalized spacial score (nSPS) is 22.4. The summed E-state index contributed by atoms with van der Waals surface area (Å²) < 4.78 is 5.43. The standard InChI is InChI=1S/C41H62N6O8/c1-24(2)20-28(33(49)36(51)42-21-29(48)44-31(37(52)46(8)9)26-16-12-10-13-17-26)43-35(50)32-30-27(40(30,5)6)22-47(32)38(53)34(41(7)18-14-11-15-19-41)45-39(54)55-23-25(3)4/h10,12-13,16-17,24-25,27-28,30-32,34H,11,14-15,18-23H2,1-9H3,(H,42,51)(H,43,50)(H,44,48)(H,45,54)/t27?,28-,30?,31-,32-,34+/m0/s1. The lowest BCUT2D eigenvalue weighted by Gasteiger charge is -2.43. The van der Waals surface area contributed by atoms with Crippen molar-refractivity contribution >= 4 is 41.4 Å². The van der Waals surface area contributed by atoms with Crippen LogP contribution in [-0.4, -0.2) is 103 Å². The summed E-state index contributed by atoms with van der Waals surface area (Å²) in [5.41, 5.74) is -0.226. The first-order valence-corrected chi connectivity index (χ1v) is 19.7. The van der Waals surface area contributed by atoms with E-state index in [9.17, 15) is 33.6 Å². The molecule has 55 heavy (non-hydrogen) atoms. The van der Waals surface area contributed by atoms with Crippen LogP contribution in [0.3, 0.4) is 0 Å². The number of fused-ring (bicyclic) bond motifs is 1. The van der Waals surface area contributed by atoms with Gasteiger partial charge in [-0.3, -0.25) is 28.8 Å². The fraction of sp³-hybridized carbons (Fsp3) is 0.683. The Balaban J connectivity index is 1.49. The number of nitrogens with zero attached hydrogens (tertiary/aromatic N) is 2. The van der Waals surface area contributed by atoms with Gasteiger partial charge in [0.05, 0.1) is 19.2 Å². The molecule has 1 aromatic carbocycles. The number of likely N-dealkylation sites (N-methyl/N-ethyl adjacent to an activating group) is 1. The highest BCUT2D eigenvalue weighted by molar-refractivity contribution is 6.38. The molecular weight excluding hydrogens is 704 g/mol. The molecule has 2 aliphatic carbocycles. The van der Waals surface area contributed by atoms with Gasteiger partial charge in [0.1, 0.15) is 18.1 Å². The average Bonchev–Trinajstić information content (AvgIpc) is 3.43. The molecule has 0 aromatic heterocycles. The summed E-state index contributed by atoms with van der Waals surface area (Å²) in [6, 6.07) is 4.60. The number of ether oxygens (including phenoxy) is 1. The van der Waals surface area contributed by atoms with E-state index in [-0.39, 0.29) is 53.9 Å². The van der Waals surface area contributed by atoms with E-state index >= 15 is 0 Å². The predicted molar refractivity (Wildman–Crippen MR) is 206 cm³/mol. The number of piperidine rings is 1. The highest BCUT2D eigenvalue weighted by atomic mass is 16.5. The number of carbonyl (C=O) groups is 7. The van der Waals surface area contributed by atoms with E-state index in [0.717, 1.165) is 32.1 Å². The molecule has 6 atom stereocenters. The molecule has 1 heterocycles. The Hall–Kier alpha value is -4.49. The number of rotatable bonds is 16. The Labute approximate surface area is 325 Å².